The van der Waals surface area contributed by atoms with Crippen LogP contribution in [0.2, 0.25) is 5.02 Å². The molecule has 0 fully saturated rings. The predicted octanol–water partition coefficient (Wildman–Crippen LogP) is 4.88. The highest BCUT2D eigenvalue weighted by atomic mass is 35.5. The standard InChI is InChI=1S/C17H12ClNOS/c18-13-8-6-12(7-9-13)16(20)14-10-15(21-17(14)19)11-4-2-1-3-5-11/h1-10H,19H2. The first kappa shape index (κ1) is 13.9. The summed E-state index contributed by atoms with van der Waals surface area (Å²) in [7, 11) is 0. The molecule has 3 rings (SSSR count). The number of nitrogens with two attached hydrogens (primary N) is 1. The molecule has 1 aromatic heterocycles. The van der Waals surface area contributed by atoms with Crippen molar-refractivity contribution in [1.82, 2.24) is 0 Å². The Balaban J connectivity index is 1.98. The molecule has 3 aromatic rings. The van der Waals surface area contributed by atoms with E-state index in [2.05, 4.69) is 0 Å². The second kappa shape index (κ2) is 5.72. The Morgan fingerprint density at radius 2 is 1.67 bits per heavy atom. The molecule has 0 aliphatic carbocycles. The van der Waals surface area contributed by atoms with Crippen molar-refractivity contribution < 1.29 is 4.79 Å². The molecule has 104 valence electrons. The van der Waals surface area contributed by atoms with Crippen LogP contribution in [0.3, 0.4) is 0 Å². The van der Waals surface area contributed by atoms with Crippen molar-refractivity contribution in [3.63, 3.8) is 0 Å². The van der Waals surface area contributed by atoms with Crippen LogP contribution in [0.1, 0.15) is 15.9 Å². The van der Waals surface area contributed by atoms with E-state index in [1.54, 1.807) is 24.3 Å². The first-order valence-electron chi connectivity index (χ1n) is 6.40. The fraction of sp³-hybridized carbons (Fsp3) is 0. The van der Waals surface area contributed by atoms with Gasteiger partial charge in [-0.1, -0.05) is 41.9 Å². The predicted molar refractivity (Wildman–Crippen MR) is 89.1 cm³/mol. The summed E-state index contributed by atoms with van der Waals surface area (Å²) in [6.07, 6.45) is 0. The van der Waals surface area contributed by atoms with E-state index >= 15 is 0 Å². The van der Waals surface area contributed by atoms with E-state index in [4.69, 9.17) is 17.3 Å². The molecular weight excluding hydrogens is 302 g/mol. The summed E-state index contributed by atoms with van der Waals surface area (Å²) < 4.78 is 0. The smallest absolute Gasteiger partial charge is 0.195 e. The maximum Gasteiger partial charge on any atom is 0.195 e. The molecule has 0 bridgehead atoms. The number of thiophene rings is 1. The molecule has 0 amide bonds. The molecule has 2 aromatic carbocycles. The Labute approximate surface area is 131 Å². The summed E-state index contributed by atoms with van der Waals surface area (Å²) in [6.45, 7) is 0. The number of benzene rings is 2. The first-order valence-corrected chi connectivity index (χ1v) is 7.59. The Hall–Kier alpha value is -2.10. The second-order valence-electron chi connectivity index (χ2n) is 4.59. The van der Waals surface area contributed by atoms with Crippen molar-refractivity contribution in [2.24, 2.45) is 0 Å². The van der Waals surface area contributed by atoms with E-state index in [1.165, 1.54) is 11.3 Å². The third-order valence-electron chi connectivity index (χ3n) is 3.17. The third kappa shape index (κ3) is 2.84. The van der Waals surface area contributed by atoms with Gasteiger partial charge >= 0.3 is 0 Å². The van der Waals surface area contributed by atoms with Crippen molar-refractivity contribution in [2.45, 2.75) is 0 Å². The monoisotopic (exact) mass is 313 g/mol. The van der Waals surface area contributed by atoms with Crippen LogP contribution in [-0.4, -0.2) is 5.78 Å². The average Bonchev–Trinajstić information content (AvgIpc) is 2.90. The molecule has 0 unspecified atom stereocenters. The molecule has 2 nitrogen and oxygen atoms in total. The van der Waals surface area contributed by atoms with E-state index in [0.29, 0.717) is 21.2 Å². The van der Waals surface area contributed by atoms with Gasteiger partial charge in [0.15, 0.2) is 5.78 Å². The molecule has 21 heavy (non-hydrogen) atoms. The van der Waals surface area contributed by atoms with Crippen LogP contribution in [0.25, 0.3) is 10.4 Å². The summed E-state index contributed by atoms with van der Waals surface area (Å²) >= 11 is 7.27. The van der Waals surface area contributed by atoms with Gasteiger partial charge in [0.1, 0.15) is 0 Å². The van der Waals surface area contributed by atoms with Gasteiger partial charge in [-0.25, -0.2) is 0 Å². The van der Waals surface area contributed by atoms with Crippen molar-refractivity contribution in [3.05, 3.63) is 76.8 Å². The lowest BCUT2D eigenvalue weighted by Gasteiger charge is -2.00. The number of hydrogen-bond donors (Lipinski definition) is 1. The Kier molecular flexibility index (Phi) is 3.78. The van der Waals surface area contributed by atoms with Crippen LogP contribution in [-0.2, 0) is 0 Å². The van der Waals surface area contributed by atoms with Gasteiger partial charge in [-0.15, -0.1) is 11.3 Å². The van der Waals surface area contributed by atoms with Gasteiger partial charge in [0.25, 0.3) is 0 Å². The van der Waals surface area contributed by atoms with Crippen molar-refractivity contribution in [1.29, 1.82) is 0 Å². The number of rotatable bonds is 3. The minimum Gasteiger partial charge on any atom is -0.390 e. The highest BCUT2D eigenvalue weighted by molar-refractivity contribution is 7.19. The summed E-state index contributed by atoms with van der Waals surface area (Å²) in [4.78, 5) is 13.5. The van der Waals surface area contributed by atoms with Crippen LogP contribution in [0, 0.1) is 0 Å². The molecule has 0 saturated heterocycles. The molecule has 2 N–H and O–H groups in total. The zero-order chi connectivity index (χ0) is 14.8. The number of carbonyl (C=O) groups excluding carboxylic acids is 1. The lowest BCUT2D eigenvalue weighted by molar-refractivity contribution is 0.104. The minimum absolute atomic E-state index is 0.0809. The minimum atomic E-state index is -0.0809. The Morgan fingerprint density at radius 3 is 2.33 bits per heavy atom. The molecule has 0 saturated carbocycles. The third-order valence-corrected chi connectivity index (χ3v) is 4.44. The number of ketones is 1. The molecule has 1 heterocycles. The normalized spacial score (nSPS) is 10.5. The first-order chi connectivity index (χ1) is 10.1. The van der Waals surface area contributed by atoms with E-state index in [0.717, 1.165) is 10.4 Å². The molecular formula is C17H12ClNOS. The summed E-state index contributed by atoms with van der Waals surface area (Å²) in [5.74, 6) is -0.0809. The molecule has 0 aliphatic heterocycles. The van der Waals surface area contributed by atoms with E-state index in [9.17, 15) is 4.79 Å². The largest absolute Gasteiger partial charge is 0.390 e. The Bertz CT molecular complexity index is 778. The number of halogens is 1. The van der Waals surface area contributed by atoms with Gasteiger partial charge in [0.2, 0.25) is 0 Å². The van der Waals surface area contributed by atoms with Crippen LogP contribution < -0.4 is 5.73 Å². The summed E-state index contributed by atoms with van der Waals surface area (Å²) in [5, 5.41) is 1.14. The molecule has 0 spiro atoms. The number of nitrogen functional groups attached to an aromatic ring is 1. The fourth-order valence-corrected chi connectivity index (χ4v) is 3.14. The van der Waals surface area contributed by atoms with Crippen LogP contribution in [0.4, 0.5) is 5.00 Å². The number of anilines is 1. The van der Waals surface area contributed by atoms with Gasteiger partial charge in [-0.2, -0.15) is 0 Å². The second-order valence-corrected chi connectivity index (χ2v) is 6.11. The lowest BCUT2D eigenvalue weighted by atomic mass is 10.0. The van der Waals surface area contributed by atoms with Gasteiger partial charge in [-0.3, -0.25) is 4.79 Å². The average molecular weight is 314 g/mol. The van der Waals surface area contributed by atoms with Gasteiger partial charge in [-0.05, 0) is 35.9 Å². The lowest BCUT2D eigenvalue weighted by Crippen LogP contribution is -2.02. The van der Waals surface area contributed by atoms with E-state index in [-0.39, 0.29) is 5.78 Å². The number of hydrogen-bond acceptors (Lipinski definition) is 3. The quantitative estimate of drug-likeness (QED) is 0.700. The highest BCUT2D eigenvalue weighted by Crippen LogP contribution is 2.34. The molecule has 4 heteroatoms. The van der Waals surface area contributed by atoms with Crippen molar-refractivity contribution in [3.8, 4) is 10.4 Å². The Morgan fingerprint density at radius 1 is 1.00 bits per heavy atom. The van der Waals surface area contributed by atoms with Gasteiger partial charge in [0, 0.05) is 15.5 Å². The van der Waals surface area contributed by atoms with Crippen LogP contribution in [0.5, 0.6) is 0 Å². The molecule has 0 radical (unpaired) electrons. The summed E-state index contributed by atoms with van der Waals surface area (Å²) in [5.41, 5.74) is 8.21. The SMILES string of the molecule is Nc1sc(-c2ccccc2)cc1C(=O)c1ccc(Cl)cc1. The van der Waals surface area contributed by atoms with E-state index in [1.807, 2.05) is 36.4 Å². The van der Waals surface area contributed by atoms with E-state index < -0.39 is 0 Å². The molecule has 0 atom stereocenters. The van der Waals surface area contributed by atoms with Gasteiger partial charge < -0.3 is 5.73 Å². The zero-order valence-electron chi connectivity index (χ0n) is 11.0. The summed E-state index contributed by atoms with van der Waals surface area (Å²) in [6, 6.07) is 18.6. The zero-order valence-corrected chi connectivity index (χ0v) is 12.6. The van der Waals surface area contributed by atoms with Crippen molar-refractivity contribution >= 4 is 33.7 Å². The van der Waals surface area contributed by atoms with Crippen LogP contribution in [0.15, 0.2) is 60.7 Å². The number of carbonyl (C=O) groups is 1. The topological polar surface area (TPSA) is 43.1 Å². The highest BCUT2D eigenvalue weighted by Gasteiger charge is 2.16. The van der Waals surface area contributed by atoms with Gasteiger partial charge in [0.05, 0.1) is 10.6 Å². The van der Waals surface area contributed by atoms with Crippen molar-refractivity contribution in [2.75, 3.05) is 5.73 Å². The fourth-order valence-electron chi connectivity index (χ4n) is 2.08. The molecule has 0 aliphatic rings. The van der Waals surface area contributed by atoms with Crippen LogP contribution >= 0.6 is 22.9 Å². The maximum absolute atomic E-state index is 12.5. The maximum atomic E-state index is 12.5.